The number of benzene rings is 1. The molecule has 4 heteroatoms. The van der Waals surface area contributed by atoms with E-state index in [0.717, 1.165) is 42.7 Å². The molecule has 2 unspecified atom stereocenters. The Labute approximate surface area is 139 Å². The molecule has 1 aromatic carbocycles. The fourth-order valence-corrected chi connectivity index (χ4v) is 2.72. The molecule has 1 aromatic rings. The van der Waals surface area contributed by atoms with E-state index in [0.29, 0.717) is 13.1 Å². The van der Waals surface area contributed by atoms with Crippen LogP contribution < -0.4 is 10.5 Å². The predicted molar refractivity (Wildman–Crippen MR) is 93.4 cm³/mol. The molecule has 0 saturated heterocycles. The lowest BCUT2D eigenvalue weighted by molar-refractivity contribution is 0.0943. The molecular weight excluding hydrogens is 288 g/mol. The van der Waals surface area contributed by atoms with Crippen molar-refractivity contribution in [3.8, 4) is 17.6 Å². The van der Waals surface area contributed by atoms with Crippen LogP contribution in [0.2, 0.25) is 0 Å². The molecule has 0 bridgehead atoms. The summed E-state index contributed by atoms with van der Waals surface area (Å²) in [6, 6.07) is 4.25. The van der Waals surface area contributed by atoms with E-state index < -0.39 is 0 Å². The highest BCUT2D eigenvalue weighted by atomic mass is 16.5. The number of fused-ring (bicyclic) bond motifs is 1. The Hall–Kier alpha value is -1.54. The van der Waals surface area contributed by atoms with E-state index in [2.05, 4.69) is 17.9 Å². The lowest BCUT2D eigenvalue weighted by Crippen LogP contribution is -2.37. The molecule has 4 nitrogen and oxygen atoms in total. The van der Waals surface area contributed by atoms with Crippen LogP contribution >= 0.6 is 0 Å². The summed E-state index contributed by atoms with van der Waals surface area (Å²) in [7, 11) is 1.97. The quantitative estimate of drug-likeness (QED) is 0.833. The maximum Gasteiger partial charge on any atom is 0.127 e. The average molecular weight is 316 g/mol. The lowest BCUT2D eigenvalue weighted by Gasteiger charge is -2.24. The number of likely N-dealkylation sites (N-methyl/N-ethyl adjacent to an activating group) is 1. The minimum atomic E-state index is -0.365. The summed E-state index contributed by atoms with van der Waals surface area (Å²) >= 11 is 0. The van der Waals surface area contributed by atoms with Gasteiger partial charge in [-0.05, 0) is 57.9 Å². The van der Waals surface area contributed by atoms with Gasteiger partial charge < -0.3 is 15.6 Å². The second kappa shape index (κ2) is 8.35. The van der Waals surface area contributed by atoms with E-state index >= 15 is 0 Å². The Balaban J connectivity index is 2.15. The van der Waals surface area contributed by atoms with Crippen molar-refractivity contribution in [1.82, 2.24) is 4.90 Å². The first kappa shape index (κ1) is 17.8. The number of rotatable bonds is 4. The maximum atomic E-state index is 9.62. The minimum Gasteiger partial charge on any atom is -0.493 e. The summed E-state index contributed by atoms with van der Waals surface area (Å²) in [4.78, 5) is 2.05. The highest BCUT2D eigenvalue weighted by Gasteiger charge is 2.15. The van der Waals surface area contributed by atoms with Gasteiger partial charge in [0.2, 0.25) is 0 Å². The standard InChI is InChI=1S/C19H28N2O2/c1-14(15(2)22)21(3)9-6-7-16-11-17-8-4-5-10-23-19(17)18(12-16)13-20/h11-12,14-15,22H,4-5,8-10,13,20H2,1-3H3. The number of ether oxygens (including phenoxy) is 1. The fourth-order valence-electron chi connectivity index (χ4n) is 2.72. The summed E-state index contributed by atoms with van der Waals surface area (Å²) in [6.07, 6.45) is 2.89. The predicted octanol–water partition coefficient (Wildman–Crippen LogP) is 1.91. The zero-order valence-corrected chi connectivity index (χ0v) is 14.4. The van der Waals surface area contributed by atoms with E-state index in [9.17, 15) is 5.11 Å². The largest absolute Gasteiger partial charge is 0.493 e. The maximum absolute atomic E-state index is 9.62. The summed E-state index contributed by atoms with van der Waals surface area (Å²) in [6.45, 7) is 5.66. The van der Waals surface area contributed by atoms with Crippen LogP contribution in [0.3, 0.4) is 0 Å². The number of nitrogens with two attached hydrogens (primary N) is 1. The van der Waals surface area contributed by atoms with Crippen LogP contribution in [-0.2, 0) is 13.0 Å². The molecule has 1 aliphatic rings. The minimum absolute atomic E-state index is 0.0874. The van der Waals surface area contributed by atoms with Crippen LogP contribution in [0.15, 0.2) is 12.1 Å². The first-order valence-electron chi connectivity index (χ1n) is 8.38. The van der Waals surface area contributed by atoms with Crippen LogP contribution in [0.1, 0.15) is 43.4 Å². The van der Waals surface area contributed by atoms with Gasteiger partial charge in [-0.3, -0.25) is 4.90 Å². The molecule has 126 valence electrons. The van der Waals surface area contributed by atoms with Gasteiger partial charge in [0.1, 0.15) is 5.75 Å². The third-order valence-electron chi connectivity index (χ3n) is 4.50. The third-order valence-corrected chi connectivity index (χ3v) is 4.50. The molecule has 1 aliphatic heterocycles. The van der Waals surface area contributed by atoms with E-state index in [-0.39, 0.29) is 12.1 Å². The van der Waals surface area contributed by atoms with Crippen molar-refractivity contribution in [2.24, 2.45) is 5.73 Å². The van der Waals surface area contributed by atoms with Crippen molar-refractivity contribution in [1.29, 1.82) is 0 Å². The molecule has 3 N–H and O–H groups in total. The molecule has 1 heterocycles. The normalized spacial score (nSPS) is 16.6. The van der Waals surface area contributed by atoms with Gasteiger partial charge in [0.25, 0.3) is 0 Å². The molecule has 0 amide bonds. The van der Waals surface area contributed by atoms with Gasteiger partial charge in [-0.25, -0.2) is 0 Å². The second-order valence-corrected chi connectivity index (χ2v) is 6.33. The molecule has 0 aromatic heterocycles. The van der Waals surface area contributed by atoms with E-state index in [1.165, 1.54) is 5.56 Å². The van der Waals surface area contributed by atoms with Gasteiger partial charge in [0.15, 0.2) is 0 Å². The molecule has 0 aliphatic carbocycles. The first-order chi connectivity index (χ1) is 11.0. The van der Waals surface area contributed by atoms with Crippen LogP contribution in [0.4, 0.5) is 0 Å². The second-order valence-electron chi connectivity index (χ2n) is 6.33. The Bertz CT molecular complexity index is 587. The molecule has 0 fully saturated rings. The number of aliphatic hydroxyl groups excluding tert-OH is 1. The summed E-state index contributed by atoms with van der Waals surface area (Å²) < 4.78 is 5.86. The number of hydrogen-bond donors (Lipinski definition) is 2. The Morgan fingerprint density at radius 2 is 2.13 bits per heavy atom. The van der Waals surface area contributed by atoms with Crippen LogP contribution in [0, 0.1) is 11.8 Å². The van der Waals surface area contributed by atoms with Gasteiger partial charge >= 0.3 is 0 Å². The highest BCUT2D eigenvalue weighted by Crippen LogP contribution is 2.29. The molecule has 2 rings (SSSR count). The Morgan fingerprint density at radius 1 is 1.35 bits per heavy atom. The first-order valence-corrected chi connectivity index (χ1v) is 8.38. The molecule has 0 saturated carbocycles. The van der Waals surface area contributed by atoms with Crippen molar-refractivity contribution < 1.29 is 9.84 Å². The smallest absolute Gasteiger partial charge is 0.127 e. The SMILES string of the molecule is CC(O)C(C)N(C)CC#Cc1cc(CN)c2c(c1)CCCCO2. The zero-order chi connectivity index (χ0) is 16.8. The van der Waals surface area contributed by atoms with Gasteiger partial charge in [0.05, 0.1) is 19.3 Å². The van der Waals surface area contributed by atoms with Crippen LogP contribution in [0.5, 0.6) is 5.75 Å². The highest BCUT2D eigenvalue weighted by molar-refractivity contribution is 5.50. The third kappa shape index (κ3) is 4.71. The fraction of sp³-hybridized carbons (Fsp3) is 0.579. The van der Waals surface area contributed by atoms with Crippen molar-refractivity contribution in [2.45, 2.75) is 51.8 Å². The van der Waals surface area contributed by atoms with E-state index in [1.54, 1.807) is 6.92 Å². The number of aliphatic hydroxyl groups is 1. The van der Waals surface area contributed by atoms with Crippen molar-refractivity contribution in [3.05, 3.63) is 28.8 Å². The summed E-state index contributed by atoms with van der Waals surface area (Å²) in [5, 5.41) is 9.62. The van der Waals surface area contributed by atoms with Crippen molar-refractivity contribution in [3.63, 3.8) is 0 Å². The van der Waals surface area contributed by atoms with Gasteiger partial charge in [0, 0.05) is 23.7 Å². The monoisotopic (exact) mass is 316 g/mol. The lowest BCUT2D eigenvalue weighted by atomic mass is 10.0. The van der Waals surface area contributed by atoms with E-state index in [4.69, 9.17) is 10.5 Å². The van der Waals surface area contributed by atoms with Gasteiger partial charge in [-0.2, -0.15) is 0 Å². The zero-order valence-electron chi connectivity index (χ0n) is 14.4. The topological polar surface area (TPSA) is 58.7 Å². The molecular formula is C19H28N2O2. The molecule has 23 heavy (non-hydrogen) atoms. The van der Waals surface area contributed by atoms with Crippen LogP contribution in [0.25, 0.3) is 0 Å². The van der Waals surface area contributed by atoms with Gasteiger partial charge in [-0.15, -0.1) is 0 Å². The molecule has 0 spiro atoms. The Kier molecular flexibility index (Phi) is 6.47. The number of aryl methyl sites for hydroxylation is 1. The molecule has 0 radical (unpaired) electrons. The van der Waals surface area contributed by atoms with E-state index in [1.807, 2.05) is 24.9 Å². The average Bonchev–Trinajstić information content (AvgIpc) is 2.78. The van der Waals surface area contributed by atoms with Crippen LogP contribution in [-0.4, -0.2) is 42.4 Å². The summed E-state index contributed by atoms with van der Waals surface area (Å²) in [5.41, 5.74) is 9.14. The Morgan fingerprint density at radius 3 is 2.83 bits per heavy atom. The van der Waals surface area contributed by atoms with Gasteiger partial charge in [-0.1, -0.05) is 11.8 Å². The summed E-state index contributed by atoms with van der Waals surface area (Å²) in [5.74, 6) is 7.39. The van der Waals surface area contributed by atoms with Crippen molar-refractivity contribution in [2.75, 3.05) is 20.2 Å². The van der Waals surface area contributed by atoms with Crippen molar-refractivity contribution >= 4 is 0 Å². The number of nitrogens with zero attached hydrogens (tertiary/aromatic N) is 1. The number of hydrogen-bond acceptors (Lipinski definition) is 4. The molecule has 2 atom stereocenters.